The Labute approximate surface area is 114 Å². The molecule has 0 saturated heterocycles. The molecule has 0 heterocycles. The van der Waals surface area contributed by atoms with Crippen molar-refractivity contribution in [3.8, 4) is 11.8 Å². The number of aryl methyl sites for hydroxylation is 1. The Balaban J connectivity index is 2.32. The maximum absolute atomic E-state index is 13.6. The van der Waals surface area contributed by atoms with Gasteiger partial charge in [0.25, 0.3) is 0 Å². The lowest BCUT2D eigenvalue weighted by atomic mass is 9.97. The number of benzene rings is 1. The average Bonchev–Trinajstić information content (AvgIpc) is 2.42. The number of halogens is 1. The first-order chi connectivity index (χ1) is 9.02. The van der Waals surface area contributed by atoms with E-state index in [2.05, 4.69) is 11.4 Å². The molecule has 0 amide bonds. The highest BCUT2D eigenvalue weighted by Crippen LogP contribution is 2.20. The van der Waals surface area contributed by atoms with Gasteiger partial charge in [-0.25, -0.2) is 4.39 Å². The van der Waals surface area contributed by atoms with Crippen molar-refractivity contribution in [3.63, 3.8) is 0 Å². The molecule has 104 valence electrons. The molecule has 1 unspecified atom stereocenters. The molecule has 1 rings (SSSR count). The summed E-state index contributed by atoms with van der Waals surface area (Å²) in [6.45, 7) is 4.05. The molecule has 0 saturated carbocycles. The molecule has 0 aliphatic rings. The zero-order valence-corrected chi connectivity index (χ0v) is 11.8. The molecule has 1 atom stereocenters. The molecule has 0 aliphatic heterocycles. The third-order valence-electron chi connectivity index (χ3n) is 3.28. The van der Waals surface area contributed by atoms with Gasteiger partial charge in [0.15, 0.2) is 11.6 Å². The highest BCUT2D eigenvalue weighted by atomic mass is 19.1. The van der Waals surface area contributed by atoms with Gasteiger partial charge >= 0.3 is 0 Å². The van der Waals surface area contributed by atoms with E-state index in [4.69, 9.17) is 10.00 Å². The number of unbranched alkanes of at least 4 members (excludes halogenated alkanes) is 1. The molecule has 0 bridgehead atoms. The number of hydrogen-bond acceptors (Lipinski definition) is 3. The molecule has 1 aromatic rings. The topological polar surface area (TPSA) is 45.0 Å². The molecular formula is C15H21FN2O. The minimum absolute atomic E-state index is 0.292. The maximum Gasteiger partial charge on any atom is 0.167 e. The van der Waals surface area contributed by atoms with Gasteiger partial charge in [0.1, 0.15) is 5.54 Å². The van der Waals surface area contributed by atoms with Crippen LogP contribution >= 0.6 is 0 Å². The minimum atomic E-state index is -0.491. The van der Waals surface area contributed by atoms with E-state index in [0.717, 1.165) is 19.3 Å². The summed E-state index contributed by atoms with van der Waals surface area (Å²) in [6.07, 6.45) is 2.41. The lowest BCUT2D eigenvalue weighted by Gasteiger charge is -2.20. The summed E-state index contributed by atoms with van der Waals surface area (Å²) in [5.74, 6) is 0.0104. The van der Waals surface area contributed by atoms with Crippen molar-refractivity contribution in [2.45, 2.75) is 38.6 Å². The smallest absolute Gasteiger partial charge is 0.167 e. The fraction of sp³-hybridized carbons (Fsp3) is 0.533. The zero-order valence-electron chi connectivity index (χ0n) is 11.8. The summed E-state index contributed by atoms with van der Waals surface area (Å²) in [5.41, 5.74) is 0.0962. The van der Waals surface area contributed by atoms with E-state index in [9.17, 15) is 4.39 Å². The summed E-state index contributed by atoms with van der Waals surface area (Å²) in [6, 6.07) is 7.37. The Hall–Kier alpha value is -1.60. The van der Waals surface area contributed by atoms with Crippen LogP contribution in [-0.4, -0.2) is 19.2 Å². The Bertz CT molecular complexity index is 456. The summed E-state index contributed by atoms with van der Waals surface area (Å²) in [5, 5.41) is 12.0. The van der Waals surface area contributed by atoms with Crippen LogP contribution in [0.1, 0.15) is 31.7 Å². The van der Waals surface area contributed by atoms with Crippen molar-refractivity contribution in [3.05, 3.63) is 29.6 Å². The quantitative estimate of drug-likeness (QED) is 0.769. The second-order valence-corrected chi connectivity index (χ2v) is 4.89. The molecule has 4 heteroatoms. The molecule has 1 aromatic carbocycles. The van der Waals surface area contributed by atoms with Crippen molar-refractivity contribution in [2.75, 3.05) is 13.7 Å². The van der Waals surface area contributed by atoms with Crippen LogP contribution in [-0.2, 0) is 0 Å². The van der Waals surface area contributed by atoms with Gasteiger partial charge < -0.3 is 10.1 Å². The molecule has 3 nitrogen and oxygen atoms in total. The largest absolute Gasteiger partial charge is 0.491 e. The number of ether oxygens (including phenoxy) is 1. The van der Waals surface area contributed by atoms with Crippen LogP contribution in [0.15, 0.2) is 18.2 Å². The molecule has 19 heavy (non-hydrogen) atoms. The SMILES string of the molecule is CNC(C)(C#N)CCCCOc1cccc(C)c1F. The Kier molecular flexibility index (Phi) is 5.78. The van der Waals surface area contributed by atoms with Crippen LogP contribution in [0.4, 0.5) is 4.39 Å². The van der Waals surface area contributed by atoms with Crippen molar-refractivity contribution in [1.29, 1.82) is 5.26 Å². The van der Waals surface area contributed by atoms with Crippen LogP contribution in [0.3, 0.4) is 0 Å². The van der Waals surface area contributed by atoms with Crippen LogP contribution in [0.5, 0.6) is 5.75 Å². The normalized spacial score (nSPS) is 13.6. The Morgan fingerprint density at radius 1 is 1.42 bits per heavy atom. The van der Waals surface area contributed by atoms with E-state index in [1.165, 1.54) is 0 Å². The first-order valence-corrected chi connectivity index (χ1v) is 6.50. The van der Waals surface area contributed by atoms with Gasteiger partial charge in [-0.15, -0.1) is 0 Å². The number of nitrogens with one attached hydrogen (secondary N) is 1. The summed E-state index contributed by atoms with van der Waals surface area (Å²) in [4.78, 5) is 0. The number of rotatable bonds is 7. The number of nitrogens with zero attached hydrogens (tertiary/aromatic N) is 1. The Morgan fingerprint density at radius 3 is 2.79 bits per heavy atom. The summed E-state index contributed by atoms with van der Waals surface area (Å²) < 4.78 is 19.1. The van der Waals surface area contributed by atoms with Crippen molar-refractivity contribution in [2.24, 2.45) is 0 Å². The second kappa shape index (κ2) is 7.10. The molecule has 0 aromatic heterocycles. The van der Waals surface area contributed by atoms with E-state index >= 15 is 0 Å². The van der Waals surface area contributed by atoms with E-state index in [1.807, 2.05) is 6.92 Å². The van der Waals surface area contributed by atoms with Gasteiger partial charge in [0.2, 0.25) is 0 Å². The molecule has 1 N–H and O–H groups in total. The van der Waals surface area contributed by atoms with Crippen LogP contribution in [0.25, 0.3) is 0 Å². The zero-order chi connectivity index (χ0) is 14.3. The monoisotopic (exact) mass is 264 g/mol. The van der Waals surface area contributed by atoms with Gasteiger partial charge in [-0.3, -0.25) is 0 Å². The molecule has 0 radical (unpaired) electrons. The van der Waals surface area contributed by atoms with E-state index in [-0.39, 0.29) is 5.82 Å². The van der Waals surface area contributed by atoms with Crippen LogP contribution in [0.2, 0.25) is 0 Å². The van der Waals surface area contributed by atoms with Gasteiger partial charge in [-0.1, -0.05) is 12.1 Å². The fourth-order valence-electron chi connectivity index (χ4n) is 1.73. The standard InChI is InChI=1S/C15H21FN2O/c1-12-7-6-8-13(14(12)16)19-10-5-4-9-15(2,11-17)18-3/h6-8,18H,4-5,9-10H2,1-3H3. The summed E-state index contributed by atoms with van der Waals surface area (Å²) in [7, 11) is 1.78. The van der Waals surface area contributed by atoms with Crippen LogP contribution in [0, 0.1) is 24.1 Å². The number of hydrogen-bond donors (Lipinski definition) is 1. The fourth-order valence-corrected chi connectivity index (χ4v) is 1.73. The van der Waals surface area contributed by atoms with Crippen molar-refractivity contribution >= 4 is 0 Å². The highest BCUT2D eigenvalue weighted by Gasteiger charge is 2.19. The van der Waals surface area contributed by atoms with Crippen molar-refractivity contribution in [1.82, 2.24) is 5.32 Å². The highest BCUT2D eigenvalue weighted by molar-refractivity contribution is 5.29. The first-order valence-electron chi connectivity index (χ1n) is 6.50. The van der Waals surface area contributed by atoms with E-state index < -0.39 is 5.54 Å². The molecular weight excluding hydrogens is 243 g/mol. The van der Waals surface area contributed by atoms with E-state index in [0.29, 0.717) is 17.9 Å². The molecule has 0 aliphatic carbocycles. The van der Waals surface area contributed by atoms with Gasteiger partial charge in [-0.2, -0.15) is 5.26 Å². The number of nitriles is 1. The van der Waals surface area contributed by atoms with Crippen molar-refractivity contribution < 1.29 is 9.13 Å². The predicted octanol–water partition coefficient (Wildman–Crippen LogP) is 3.18. The summed E-state index contributed by atoms with van der Waals surface area (Å²) >= 11 is 0. The van der Waals surface area contributed by atoms with Gasteiger partial charge in [-0.05, 0) is 51.8 Å². The molecule has 0 fully saturated rings. The third-order valence-corrected chi connectivity index (χ3v) is 3.28. The third kappa shape index (κ3) is 4.53. The van der Waals surface area contributed by atoms with Gasteiger partial charge in [0, 0.05) is 0 Å². The minimum Gasteiger partial charge on any atom is -0.491 e. The lowest BCUT2D eigenvalue weighted by molar-refractivity contribution is 0.284. The Morgan fingerprint density at radius 2 is 2.16 bits per heavy atom. The molecule has 0 spiro atoms. The lowest BCUT2D eigenvalue weighted by Crippen LogP contribution is -2.37. The predicted molar refractivity (Wildman–Crippen MR) is 73.6 cm³/mol. The average molecular weight is 264 g/mol. The van der Waals surface area contributed by atoms with E-state index in [1.54, 1.807) is 32.2 Å². The second-order valence-electron chi connectivity index (χ2n) is 4.89. The first kappa shape index (κ1) is 15.5. The maximum atomic E-state index is 13.6. The van der Waals surface area contributed by atoms with Gasteiger partial charge in [0.05, 0.1) is 12.7 Å². The van der Waals surface area contributed by atoms with Crippen LogP contribution < -0.4 is 10.1 Å².